The molecule has 94 valence electrons. The van der Waals surface area contributed by atoms with E-state index in [0.29, 0.717) is 12.0 Å². The van der Waals surface area contributed by atoms with Gasteiger partial charge in [0, 0.05) is 6.04 Å². The van der Waals surface area contributed by atoms with Crippen LogP contribution < -0.4 is 5.32 Å². The monoisotopic (exact) mass is 236 g/mol. The number of rotatable bonds is 2. The van der Waals surface area contributed by atoms with Crippen LogP contribution in [0.3, 0.4) is 0 Å². The van der Waals surface area contributed by atoms with E-state index >= 15 is 0 Å². The maximum atomic E-state index is 12.6. The molecule has 1 unspecified atom stereocenters. The molecule has 1 heterocycles. The molecule has 0 bridgehead atoms. The fraction of sp³-hybridized carbons (Fsp3) is 0.846. The highest BCUT2D eigenvalue weighted by Crippen LogP contribution is 2.42. The minimum atomic E-state index is -0.613. The summed E-state index contributed by atoms with van der Waals surface area (Å²) < 4.78 is 0. The zero-order chi connectivity index (χ0) is 12.0. The Bertz CT molecular complexity index is 358. The van der Waals surface area contributed by atoms with E-state index in [4.69, 9.17) is 0 Å². The van der Waals surface area contributed by atoms with E-state index in [-0.39, 0.29) is 18.4 Å². The topological polar surface area (TPSA) is 49.4 Å². The third kappa shape index (κ3) is 1.74. The Morgan fingerprint density at radius 1 is 1.18 bits per heavy atom. The first-order valence-electron chi connectivity index (χ1n) is 6.73. The summed E-state index contributed by atoms with van der Waals surface area (Å²) in [4.78, 5) is 26.2. The molecule has 0 aromatic rings. The Morgan fingerprint density at radius 2 is 1.82 bits per heavy atom. The molecule has 2 saturated carbocycles. The molecule has 1 atom stereocenters. The molecule has 17 heavy (non-hydrogen) atoms. The van der Waals surface area contributed by atoms with E-state index in [1.54, 1.807) is 0 Å². The first-order chi connectivity index (χ1) is 8.11. The average Bonchev–Trinajstić information content (AvgIpc) is 3.01. The van der Waals surface area contributed by atoms with Gasteiger partial charge in [-0.2, -0.15) is 0 Å². The zero-order valence-corrected chi connectivity index (χ0v) is 10.4. The minimum Gasteiger partial charge on any atom is -0.340 e. The van der Waals surface area contributed by atoms with Crippen molar-refractivity contribution in [3.63, 3.8) is 0 Å². The van der Waals surface area contributed by atoms with Crippen LogP contribution in [-0.2, 0) is 9.59 Å². The van der Waals surface area contributed by atoms with Crippen LogP contribution in [0.2, 0.25) is 0 Å². The first kappa shape index (κ1) is 11.1. The lowest BCUT2D eigenvalue weighted by atomic mass is 9.90. The van der Waals surface area contributed by atoms with Crippen molar-refractivity contribution in [2.24, 2.45) is 5.92 Å². The molecule has 1 saturated heterocycles. The van der Waals surface area contributed by atoms with Crippen LogP contribution in [0.5, 0.6) is 0 Å². The maximum absolute atomic E-state index is 12.6. The van der Waals surface area contributed by atoms with Crippen molar-refractivity contribution in [1.29, 1.82) is 0 Å². The summed E-state index contributed by atoms with van der Waals surface area (Å²) in [7, 11) is 0. The van der Waals surface area contributed by atoms with Gasteiger partial charge in [-0.3, -0.25) is 9.59 Å². The number of nitrogens with one attached hydrogen (secondary N) is 1. The minimum absolute atomic E-state index is 0.0194. The molecule has 3 rings (SSSR count). The summed E-state index contributed by atoms with van der Waals surface area (Å²) >= 11 is 0. The molecule has 2 aliphatic carbocycles. The van der Waals surface area contributed by atoms with Gasteiger partial charge in [0.25, 0.3) is 0 Å². The Morgan fingerprint density at radius 3 is 2.41 bits per heavy atom. The summed E-state index contributed by atoms with van der Waals surface area (Å²) in [5.41, 5.74) is -0.613. The van der Waals surface area contributed by atoms with Crippen molar-refractivity contribution in [3.8, 4) is 0 Å². The quantitative estimate of drug-likeness (QED) is 0.779. The van der Waals surface area contributed by atoms with E-state index in [2.05, 4.69) is 5.32 Å². The van der Waals surface area contributed by atoms with Crippen LogP contribution >= 0.6 is 0 Å². The third-order valence-corrected chi connectivity index (χ3v) is 4.58. The number of nitrogens with zero attached hydrogens (tertiary/aromatic N) is 1. The average molecular weight is 236 g/mol. The van der Waals surface area contributed by atoms with Gasteiger partial charge >= 0.3 is 0 Å². The molecule has 3 aliphatic rings. The fourth-order valence-electron chi connectivity index (χ4n) is 3.36. The van der Waals surface area contributed by atoms with Gasteiger partial charge in [-0.25, -0.2) is 0 Å². The molecule has 3 fully saturated rings. The lowest BCUT2D eigenvalue weighted by Gasteiger charge is -2.42. The predicted octanol–water partition coefficient (Wildman–Crippen LogP) is 1.06. The molecule has 0 spiro atoms. The second-order valence-corrected chi connectivity index (χ2v) is 5.90. The molecular weight excluding hydrogens is 216 g/mol. The molecule has 4 heteroatoms. The van der Waals surface area contributed by atoms with Gasteiger partial charge in [-0.1, -0.05) is 12.8 Å². The number of hydrogen-bond acceptors (Lipinski definition) is 2. The Balaban J connectivity index is 1.83. The SMILES string of the molecule is CC1(C2CC2)NC(=O)CN(C2CCCC2)C1=O. The van der Waals surface area contributed by atoms with E-state index in [1.807, 2.05) is 11.8 Å². The van der Waals surface area contributed by atoms with E-state index in [1.165, 1.54) is 12.8 Å². The Hall–Kier alpha value is -1.06. The number of hydrogen-bond donors (Lipinski definition) is 1. The van der Waals surface area contributed by atoms with Gasteiger partial charge in [0.2, 0.25) is 11.8 Å². The van der Waals surface area contributed by atoms with Gasteiger partial charge in [0.1, 0.15) is 5.54 Å². The predicted molar refractivity (Wildman–Crippen MR) is 63.2 cm³/mol. The summed E-state index contributed by atoms with van der Waals surface area (Å²) in [6.45, 7) is 2.18. The molecule has 4 nitrogen and oxygen atoms in total. The molecule has 0 radical (unpaired) electrons. The first-order valence-corrected chi connectivity index (χ1v) is 6.73. The van der Waals surface area contributed by atoms with Crippen LogP contribution in [-0.4, -0.2) is 34.8 Å². The number of piperazine rings is 1. The molecule has 0 aromatic heterocycles. The van der Waals surface area contributed by atoms with Gasteiger partial charge in [0.05, 0.1) is 6.54 Å². The second-order valence-electron chi connectivity index (χ2n) is 5.90. The van der Waals surface area contributed by atoms with Crippen molar-refractivity contribution in [2.45, 2.75) is 57.0 Å². The summed E-state index contributed by atoms with van der Waals surface area (Å²) in [6, 6.07) is 0.312. The van der Waals surface area contributed by atoms with Crippen LogP contribution in [0.4, 0.5) is 0 Å². The second kappa shape index (κ2) is 3.72. The van der Waals surface area contributed by atoms with Gasteiger partial charge in [-0.05, 0) is 38.5 Å². The number of amides is 2. The van der Waals surface area contributed by atoms with Crippen LogP contribution in [0.1, 0.15) is 45.4 Å². The highest BCUT2D eigenvalue weighted by Gasteiger charge is 2.53. The lowest BCUT2D eigenvalue weighted by molar-refractivity contribution is -0.152. The normalized spacial score (nSPS) is 35.2. The summed E-state index contributed by atoms with van der Waals surface area (Å²) in [6.07, 6.45) is 6.66. The molecule has 1 aliphatic heterocycles. The Kier molecular flexibility index (Phi) is 2.42. The number of carbonyl (C=O) groups excluding carboxylic acids is 2. The van der Waals surface area contributed by atoms with E-state index in [9.17, 15) is 9.59 Å². The standard InChI is InChI=1S/C13H20N2O2/c1-13(9-6-7-9)12(17)15(8-11(16)14-13)10-4-2-3-5-10/h9-10H,2-8H2,1H3,(H,14,16). The van der Waals surface area contributed by atoms with E-state index in [0.717, 1.165) is 25.7 Å². The molecule has 1 N–H and O–H groups in total. The summed E-state index contributed by atoms with van der Waals surface area (Å²) in [5, 5.41) is 2.93. The summed E-state index contributed by atoms with van der Waals surface area (Å²) in [5.74, 6) is 0.542. The highest BCUT2D eigenvalue weighted by atomic mass is 16.2. The van der Waals surface area contributed by atoms with Gasteiger partial charge in [0.15, 0.2) is 0 Å². The highest BCUT2D eigenvalue weighted by molar-refractivity contribution is 5.98. The van der Waals surface area contributed by atoms with Gasteiger partial charge < -0.3 is 10.2 Å². The van der Waals surface area contributed by atoms with Crippen molar-refractivity contribution in [2.75, 3.05) is 6.54 Å². The molecule has 0 aromatic carbocycles. The van der Waals surface area contributed by atoms with E-state index < -0.39 is 5.54 Å². The number of carbonyl (C=O) groups is 2. The van der Waals surface area contributed by atoms with Crippen molar-refractivity contribution in [3.05, 3.63) is 0 Å². The fourth-order valence-corrected chi connectivity index (χ4v) is 3.36. The van der Waals surface area contributed by atoms with Crippen LogP contribution in [0.15, 0.2) is 0 Å². The van der Waals surface area contributed by atoms with Crippen molar-refractivity contribution >= 4 is 11.8 Å². The molecule has 2 amide bonds. The van der Waals surface area contributed by atoms with Gasteiger partial charge in [-0.15, -0.1) is 0 Å². The maximum Gasteiger partial charge on any atom is 0.249 e. The van der Waals surface area contributed by atoms with Crippen molar-refractivity contribution < 1.29 is 9.59 Å². The zero-order valence-electron chi connectivity index (χ0n) is 10.4. The third-order valence-electron chi connectivity index (χ3n) is 4.58. The smallest absolute Gasteiger partial charge is 0.249 e. The van der Waals surface area contributed by atoms with Crippen LogP contribution in [0.25, 0.3) is 0 Å². The van der Waals surface area contributed by atoms with Crippen molar-refractivity contribution in [1.82, 2.24) is 10.2 Å². The lowest BCUT2D eigenvalue weighted by Crippen LogP contribution is -2.67. The van der Waals surface area contributed by atoms with Crippen LogP contribution in [0, 0.1) is 5.92 Å². The Labute approximate surface area is 102 Å². The molecular formula is C13H20N2O2. The largest absolute Gasteiger partial charge is 0.340 e.